The van der Waals surface area contributed by atoms with E-state index in [-0.39, 0.29) is 23.8 Å². The average molecular weight is 453 g/mol. The zero-order chi connectivity index (χ0) is 24.6. The van der Waals surface area contributed by atoms with Crippen molar-refractivity contribution in [3.05, 3.63) is 65.2 Å². The molecule has 180 valence electrons. The van der Waals surface area contributed by atoms with Crippen LogP contribution in [0.25, 0.3) is 0 Å². The molecule has 1 atom stereocenters. The van der Waals surface area contributed by atoms with E-state index in [9.17, 15) is 9.59 Å². The molecule has 0 aliphatic carbocycles. The van der Waals surface area contributed by atoms with Gasteiger partial charge >= 0.3 is 0 Å². The molecule has 2 aromatic rings. The van der Waals surface area contributed by atoms with Crippen LogP contribution in [0.4, 0.5) is 0 Å². The maximum absolute atomic E-state index is 13.3. The molecule has 2 aromatic carbocycles. The van der Waals surface area contributed by atoms with E-state index in [0.717, 1.165) is 11.1 Å². The first kappa shape index (κ1) is 26.4. The minimum absolute atomic E-state index is 0.0525. The van der Waals surface area contributed by atoms with E-state index in [1.165, 1.54) is 5.56 Å². The van der Waals surface area contributed by atoms with Crippen LogP contribution in [0.1, 0.15) is 64.7 Å². The first-order valence-corrected chi connectivity index (χ1v) is 11.9. The Balaban J connectivity index is 2.17. The number of hydrogen-bond donors (Lipinski definition) is 1. The number of carbonyl (C=O) groups is 2. The Labute approximate surface area is 199 Å². The number of aryl methyl sites for hydroxylation is 1. The molecule has 2 rings (SSSR count). The molecule has 0 aliphatic heterocycles. The third kappa shape index (κ3) is 8.23. The smallest absolute Gasteiger partial charge is 0.261 e. The minimum Gasteiger partial charge on any atom is -0.484 e. The fourth-order valence-corrected chi connectivity index (χ4v) is 3.51. The van der Waals surface area contributed by atoms with E-state index in [1.54, 1.807) is 4.90 Å². The SMILES string of the molecule is CC[C@H](C(=O)NCC(C)C)N(Cc1ccc(C)cc1)C(=O)COc1ccc(C(C)(C)C)cc1. The summed E-state index contributed by atoms with van der Waals surface area (Å²) < 4.78 is 5.82. The zero-order valence-electron chi connectivity index (χ0n) is 21.3. The van der Waals surface area contributed by atoms with Crippen molar-refractivity contribution in [3.63, 3.8) is 0 Å². The molecule has 0 saturated heterocycles. The summed E-state index contributed by atoms with van der Waals surface area (Å²) >= 11 is 0. The van der Waals surface area contributed by atoms with Gasteiger partial charge in [0, 0.05) is 13.1 Å². The van der Waals surface area contributed by atoms with Crippen molar-refractivity contribution in [2.75, 3.05) is 13.2 Å². The highest BCUT2D eigenvalue weighted by Gasteiger charge is 2.29. The van der Waals surface area contributed by atoms with E-state index in [4.69, 9.17) is 4.74 Å². The minimum atomic E-state index is -0.551. The Kier molecular flexibility index (Phi) is 9.51. The number of nitrogens with zero attached hydrogens (tertiary/aromatic N) is 1. The molecule has 0 unspecified atom stereocenters. The summed E-state index contributed by atoms with van der Waals surface area (Å²) in [5.74, 6) is 0.652. The number of rotatable bonds is 10. The highest BCUT2D eigenvalue weighted by molar-refractivity contribution is 5.88. The van der Waals surface area contributed by atoms with Gasteiger partial charge < -0.3 is 15.0 Å². The van der Waals surface area contributed by atoms with Crippen LogP contribution < -0.4 is 10.1 Å². The second-order valence-electron chi connectivity index (χ2n) is 10.1. The van der Waals surface area contributed by atoms with Crippen LogP contribution in [0, 0.1) is 12.8 Å². The molecule has 2 amide bonds. The number of ether oxygens (including phenoxy) is 1. The quantitative estimate of drug-likeness (QED) is 0.536. The lowest BCUT2D eigenvalue weighted by Crippen LogP contribution is -2.50. The van der Waals surface area contributed by atoms with Gasteiger partial charge in [-0.3, -0.25) is 9.59 Å². The standard InChI is InChI=1S/C28H40N2O3/c1-8-25(27(32)29-17-20(2)3)30(18-22-11-9-21(4)10-12-22)26(31)19-33-24-15-13-23(14-16-24)28(5,6)7/h9-16,20,25H,8,17-19H2,1-7H3,(H,29,32)/t25-/m1/s1. The number of nitrogens with one attached hydrogen (secondary N) is 1. The topological polar surface area (TPSA) is 58.6 Å². The Bertz CT molecular complexity index is 896. The molecule has 5 heteroatoms. The van der Waals surface area contributed by atoms with Gasteiger partial charge in [-0.15, -0.1) is 0 Å². The molecule has 0 spiro atoms. The van der Waals surface area contributed by atoms with Crippen LogP contribution >= 0.6 is 0 Å². The van der Waals surface area contributed by atoms with Gasteiger partial charge in [0.15, 0.2) is 6.61 Å². The average Bonchev–Trinajstić information content (AvgIpc) is 2.76. The Morgan fingerprint density at radius 3 is 2.12 bits per heavy atom. The maximum atomic E-state index is 13.3. The Hall–Kier alpha value is -2.82. The molecule has 33 heavy (non-hydrogen) atoms. The molecule has 0 radical (unpaired) electrons. The van der Waals surface area contributed by atoms with Crippen molar-refractivity contribution in [3.8, 4) is 5.75 Å². The molecule has 0 aromatic heterocycles. The van der Waals surface area contributed by atoms with E-state index in [1.807, 2.05) is 62.4 Å². The van der Waals surface area contributed by atoms with Crippen LogP contribution in [0.3, 0.4) is 0 Å². The van der Waals surface area contributed by atoms with Crippen molar-refractivity contribution in [1.29, 1.82) is 0 Å². The third-order valence-corrected chi connectivity index (χ3v) is 5.63. The molecular weight excluding hydrogens is 412 g/mol. The number of hydrogen-bond acceptors (Lipinski definition) is 3. The predicted molar refractivity (Wildman–Crippen MR) is 134 cm³/mol. The second kappa shape index (κ2) is 11.9. The largest absolute Gasteiger partial charge is 0.484 e. The van der Waals surface area contributed by atoms with Crippen molar-refractivity contribution in [2.24, 2.45) is 5.92 Å². The molecular formula is C28H40N2O3. The molecule has 0 fully saturated rings. The summed E-state index contributed by atoms with van der Waals surface area (Å²) in [7, 11) is 0. The van der Waals surface area contributed by atoms with E-state index in [2.05, 4.69) is 39.9 Å². The number of amides is 2. The van der Waals surface area contributed by atoms with Gasteiger partial charge in [0.1, 0.15) is 11.8 Å². The maximum Gasteiger partial charge on any atom is 0.261 e. The monoisotopic (exact) mass is 452 g/mol. The molecule has 1 N–H and O–H groups in total. The Morgan fingerprint density at radius 1 is 1.00 bits per heavy atom. The predicted octanol–water partition coefficient (Wildman–Crippen LogP) is 5.25. The molecule has 0 saturated carbocycles. The van der Waals surface area contributed by atoms with Crippen LogP contribution in [0.5, 0.6) is 5.75 Å². The van der Waals surface area contributed by atoms with Crippen LogP contribution in [-0.2, 0) is 21.5 Å². The van der Waals surface area contributed by atoms with E-state index in [0.29, 0.717) is 31.2 Å². The number of carbonyl (C=O) groups excluding carboxylic acids is 2. The summed E-state index contributed by atoms with van der Waals surface area (Å²) in [6, 6.07) is 15.3. The molecule has 0 bridgehead atoms. The fourth-order valence-electron chi connectivity index (χ4n) is 3.51. The molecule has 0 aliphatic rings. The summed E-state index contributed by atoms with van der Waals surface area (Å²) in [5.41, 5.74) is 3.39. The van der Waals surface area contributed by atoms with Gasteiger partial charge in [0.25, 0.3) is 5.91 Å². The van der Waals surface area contributed by atoms with Gasteiger partial charge in [-0.05, 0) is 47.9 Å². The van der Waals surface area contributed by atoms with Crippen molar-refractivity contribution in [1.82, 2.24) is 10.2 Å². The summed E-state index contributed by atoms with van der Waals surface area (Å²) in [6.07, 6.45) is 0.530. The fraction of sp³-hybridized carbons (Fsp3) is 0.500. The zero-order valence-corrected chi connectivity index (χ0v) is 21.3. The highest BCUT2D eigenvalue weighted by atomic mass is 16.5. The van der Waals surface area contributed by atoms with Gasteiger partial charge in [-0.1, -0.05) is 83.5 Å². The first-order chi connectivity index (χ1) is 15.5. The van der Waals surface area contributed by atoms with Gasteiger partial charge in [0.05, 0.1) is 0 Å². The Morgan fingerprint density at radius 2 is 1.61 bits per heavy atom. The third-order valence-electron chi connectivity index (χ3n) is 5.63. The van der Waals surface area contributed by atoms with Crippen LogP contribution in [-0.4, -0.2) is 35.9 Å². The van der Waals surface area contributed by atoms with Gasteiger partial charge in [-0.2, -0.15) is 0 Å². The first-order valence-electron chi connectivity index (χ1n) is 11.9. The van der Waals surface area contributed by atoms with Gasteiger partial charge in [-0.25, -0.2) is 0 Å². The summed E-state index contributed by atoms with van der Waals surface area (Å²) in [5, 5.41) is 2.98. The summed E-state index contributed by atoms with van der Waals surface area (Å²) in [4.78, 5) is 27.8. The van der Waals surface area contributed by atoms with Crippen molar-refractivity contribution >= 4 is 11.8 Å². The van der Waals surface area contributed by atoms with Crippen LogP contribution in [0.2, 0.25) is 0 Å². The van der Waals surface area contributed by atoms with Crippen molar-refractivity contribution < 1.29 is 14.3 Å². The normalized spacial score (nSPS) is 12.4. The lowest BCUT2D eigenvalue weighted by molar-refractivity contribution is -0.143. The molecule has 0 heterocycles. The van der Waals surface area contributed by atoms with Gasteiger partial charge in [0.2, 0.25) is 5.91 Å². The highest BCUT2D eigenvalue weighted by Crippen LogP contribution is 2.24. The van der Waals surface area contributed by atoms with E-state index >= 15 is 0 Å². The van der Waals surface area contributed by atoms with E-state index < -0.39 is 6.04 Å². The van der Waals surface area contributed by atoms with Crippen molar-refractivity contribution in [2.45, 2.75) is 72.9 Å². The number of benzene rings is 2. The second-order valence-corrected chi connectivity index (χ2v) is 10.1. The lowest BCUT2D eigenvalue weighted by Gasteiger charge is -2.31. The molecule has 5 nitrogen and oxygen atoms in total. The lowest BCUT2D eigenvalue weighted by atomic mass is 9.87. The summed E-state index contributed by atoms with van der Waals surface area (Å²) in [6.45, 7) is 15.4. The van der Waals surface area contributed by atoms with Crippen LogP contribution in [0.15, 0.2) is 48.5 Å².